The summed E-state index contributed by atoms with van der Waals surface area (Å²) in [5.41, 5.74) is 2.16. The van der Waals surface area contributed by atoms with Crippen molar-refractivity contribution in [3.8, 4) is 5.88 Å². The van der Waals surface area contributed by atoms with Gasteiger partial charge in [0.15, 0.2) is 0 Å². The van der Waals surface area contributed by atoms with Crippen LogP contribution in [0.1, 0.15) is 47.2 Å². The smallest absolute Gasteiger partial charge is 0.335 e. The summed E-state index contributed by atoms with van der Waals surface area (Å²) in [6, 6.07) is 8.66. The SMILES string of the molecule is Cc1ccc(OC2CCC3(CC2)C(=O)Nc2ccc(C(=O)O)cc23)nc1. The molecule has 1 fully saturated rings. The maximum absolute atomic E-state index is 12.7. The normalized spacial score (nSPS) is 24.2. The number of pyridine rings is 1. The van der Waals surface area contributed by atoms with Crippen LogP contribution in [-0.2, 0) is 10.2 Å². The molecule has 1 spiro atoms. The van der Waals surface area contributed by atoms with Gasteiger partial charge in [0.2, 0.25) is 11.8 Å². The quantitative estimate of drug-likeness (QED) is 0.885. The van der Waals surface area contributed by atoms with Crippen LogP contribution in [0.4, 0.5) is 5.69 Å². The Bertz CT molecular complexity index is 868. The molecule has 0 unspecified atom stereocenters. The highest BCUT2D eigenvalue weighted by Crippen LogP contribution is 2.48. The van der Waals surface area contributed by atoms with E-state index in [9.17, 15) is 14.7 Å². The Morgan fingerprint density at radius 2 is 2.04 bits per heavy atom. The Balaban J connectivity index is 1.53. The third kappa shape index (κ3) is 2.71. The van der Waals surface area contributed by atoms with E-state index >= 15 is 0 Å². The second kappa shape index (κ2) is 6.12. The fourth-order valence-electron chi connectivity index (χ4n) is 3.94. The minimum Gasteiger partial charge on any atom is -0.478 e. The molecule has 1 aromatic heterocycles. The van der Waals surface area contributed by atoms with Crippen LogP contribution in [0, 0.1) is 6.92 Å². The van der Waals surface area contributed by atoms with Crippen LogP contribution < -0.4 is 10.1 Å². The van der Waals surface area contributed by atoms with Crippen molar-refractivity contribution in [2.75, 3.05) is 5.32 Å². The van der Waals surface area contributed by atoms with Gasteiger partial charge >= 0.3 is 5.97 Å². The molecular formula is C20H20N2O4. The minimum atomic E-state index is -0.982. The van der Waals surface area contributed by atoms with Gasteiger partial charge in [0.1, 0.15) is 6.10 Å². The van der Waals surface area contributed by atoms with Gasteiger partial charge in [-0.2, -0.15) is 0 Å². The zero-order chi connectivity index (χ0) is 18.3. The van der Waals surface area contributed by atoms with Gasteiger partial charge in [-0.15, -0.1) is 0 Å². The summed E-state index contributed by atoms with van der Waals surface area (Å²) in [6.07, 6.45) is 4.49. The van der Waals surface area contributed by atoms with Crippen LogP contribution in [-0.4, -0.2) is 28.1 Å². The molecule has 0 bridgehead atoms. The van der Waals surface area contributed by atoms with Crippen LogP contribution >= 0.6 is 0 Å². The summed E-state index contributed by atoms with van der Waals surface area (Å²) in [5, 5.41) is 12.2. The summed E-state index contributed by atoms with van der Waals surface area (Å²) in [6.45, 7) is 1.97. The van der Waals surface area contributed by atoms with Gasteiger partial charge in [-0.25, -0.2) is 9.78 Å². The fourth-order valence-corrected chi connectivity index (χ4v) is 3.94. The van der Waals surface area contributed by atoms with E-state index in [0.29, 0.717) is 18.7 Å². The second-order valence-corrected chi connectivity index (χ2v) is 7.09. The Hall–Kier alpha value is -2.89. The predicted molar refractivity (Wildman–Crippen MR) is 95.6 cm³/mol. The van der Waals surface area contributed by atoms with E-state index in [2.05, 4.69) is 10.3 Å². The number of hydrogen-bond donors (Lipinski definition) is 2. The summed E-state index contributed by atoms with van der Waals surface area (Å²) in [5.74, 6) is -0.423. The van der Waals surface area contributed by atoms with E-state index < -0.39 is 11.4 Å². The molecule has 0 radical (unpaired) electrons. The molecule has 2 heterocycles. The summed E-state index contributed by atoms with van der Waals surface area (Å²) < 4.78 is 5.96. The third-order valence-corrected chi connectivity index (χ3v) is 5.42. The average Bonchev–Trinajstić information content (AvgIpc) is 2.90. The molecule has 2 N–H and O–H groups in total. The second-order valence-electron chi connectivity index (χ2n) is 7.09. The number of anilines is 1. The van der Waals surface area contributed by atoms with E-state index in [1.165, 1.54) is 6.07 Å². The predicted octanol–water partition coefficient (Wildman–Crippen LogP) is 3.30. The van der Waals surface area contributed by atoms with Gasteiger partial charge in [0.25, 0.3) is 0 Å². The molecule has 26 heavy (non-hydrogen) atoms. The monoisotopic (exact) mass is 352 g/mol. The van der Waals surface area contributed by atoms with Crippen LogP contribution in [0.5, 0.6) is 5.88 Å². The summed E-state index contributed by atoms with van der Waals surface area (Å²) in [7, 11) is 0. The Labute approximate surface area is 151 Å². The van der Waals surface area contributed by atoms with E-state index in [-0.39, 0.29) is 17.6 Å². The first-order valence-electron chi connectivity index (χ1n) is 8.76. The lowest BCUT2D eigenvalue weighted by atomic mass is 9.69. The van der Waals surface area contributed by atoms with Crippen LogP contribution in [0.3, 0.4) is 0 Å². The van der Waals surface area contributed by atoms with E-state index in [1.807, 2.05) is 19.1 Å². The number of carbonyl (C=O) groups excluding carboxylic acids is 1. The highest BCUT2D eigenvalue weighted by Gasteiger charge is 2.49. The first-order valence-corrected chi connectivity index (χ1v) is 8.76. The standard InChI is InChI=1S/C20H20N2O4/c1-12-2-5-17(21-11-12)26-14-6-8-20(9-7-14)15-10-13(18(23)24)3-4-16(15)22-19(20)25/h2-5,10-11,14H,6-9H2,1H3,(H,22,25)(H,23,24). The van der Waals surface area contributed by atoms with Crippen LogP contribution in [0.25, 0.3) is 0 Å². The molecule has 6 heteroatoms. The zero-order valence-electron chi connectivity index (χ0n) is 14.5. The number of aromatic nitrogens is 1. The lowest BCUT2D eigenvalue weighted by molar-refractivity contribution is -0.122. The number of carboxylic acid groups (broad SMARTS) is 1. The Morgan fingerprint density at radius 3 is 2.69 bits per heavy atom. The number of fused-ring (bicyclic) bond motifs is 2. The molecule has 1 aliphatic carbocycles. The number of hydrogen-bond acceptors (Lipinski definition) is 4. The third-order valence-electron chi connectivity index (χ3n) is 5.42. The number of aromatic carboxylic acids is 1. The number of benzene rings is 1. The molecule has 1 amide bonds. The van der Waals surface area contributed by atoms with E-state index in [0.717, 1.165) is 29.7 Å². The van der Waals surface area contributed by atoms with Crippen molar-refractivity contribution in [1.29, 1.82) is 0 Å². The molecular weight excluding hydrogens is 332 g/mol. The number of amides is 1. The number of rotatable bonds is 3. The van der Waals surface area contributed by atoms with Crippen molar-refractivity contribution < 1.29 is 19.4 Å². The van der Waals surface area contributed by atoms with Gasteiger partial charge in [-0.3, -0.25) is 4.79 Å². The van der Waals surface area contributed by atoms with Crippen molar-refractivity contribution in [2.24, 2.45) is 0 Å². The Kier molecular flexibility index (Phi) is 3.90. The van der Waals surface area contributed by atoms with Crippen molar-refractivity contribution in [2.45, 2.75) is 44.1 Å². The summed E-state index contributed by atoms with van der Waals surface area (Å²) in [4.78, 5) is 28.3. The number of carbonyl (C=O) groups is 2. The van der Waals surface area contributed by atoms with Crippen molar-refractivity contribution >= 4 is 17.6 Å². The molecule has 4 rings (SSSR count). The highest BCUT2D eigenvalue weighted by atomic mass is 16.5. The minimum absolute atomic E-state index is 0.00957. The molecule has 1 aromatic carbocycles. The van der Waals surface area contributed by atoms with Gasteiger partial charge in [-0.1, -0.05) is 6.07 Å². The molecule has 1 aliphatic heterocycles. The van der Waals surface area contributed by atoms with Gasteiger partial charge in [-0.05, 0) is 61.9 Å². The molecule has 2 aromatic rings. The molecule has 2 aliphatic rings. The lowest BCUT2D eigenvalue weighted by Gasteiger charge is -2.35. The van der Waals surface area contributed by atoms with Gasteiger partial charge in [0, 0.05) is 18.0 Å². The Morgan fingerprint density at radius 1 is 1.27 bits per heavy atom. The average molecular weight is 352 g/mol. The zero-order valence-corrected chi connectivity index (χ0v) is 14.5. The first kappa shape index (κ1) is 16.6. The lowest BCUT2D eigenvalue weighted by Crippen LogP contribution is -2.41. The maximum Gasteiger partial charge on any atom is 0.335 e. The largest absolute Gasteiger partial charge is 0.478 e. The number of nitrogens with zero attached hydrogens (tertiary/aromatic N) is 1. The highest BCUT2D eigenvalue weighted by molar-refractivity contribution is 6.07. The number of carboxylic acids is 1. The molecule has 0 saturated heterocycles. The van der Waals surface area contributed by atoms with E-state index in [1.54, 1.807) is 18.3 Å². The van der Waals surface area contributed by atoms with E-state index in [4.69, 9.17) is 4.74 Å². The number of ether oxygens (including phenoxy) is 1. The number of aryl methyl sites for hydroxylation is 1. The molecule has 134 valence electrons. The molecule has 1 saturated carbocycles. The molecule has 6 nitrogen and oxygen atoms in total. The first-order chi connectivity index (χ1) is 12.5. The van der Waals surface area contributed by atoms with Crippen LogP contribution in [0.2, 0.25) is 0 Å². The van der Waals surface area contributed by atoms with Crippen molar-refractivity contribution in [1.82, 2.24) is 4.98 Å². The van der Waals surface area contributed by atoms with Crippen molar-refractivity contribution in [3.63, 3.8) is 0 Å². The van der Waals surface area contributed by atoms with Crippen LogP contribution in [0.15, 0.2) is 36.5 Å². The number of nitrogens with one attached hydrogen (secondary N) is 1. The van der Waals surface area contributed by atoms with Gasteiger partial charge in [0.05, 0.1) is 11.0 Å². The maximum atomic E-state index is 12.7. The van der Waals surface area contributed by atoms with Gasteiger partial charge < -0.3 is 15.2 Å². The van der Waals surface area contributed by atoms with Crippen molar-refractivity contribution in [3.05, 3.63) is 53.2 Å². The molecule has 0 atom stereocenters. The topological polar surface area (TPSA) is 88.5 Å². The fraction of sp³-hybridized carbons (Fsp3) is 0.350. The summed E-state index contributed by atoms with van der Waals surface area (Å²) >= 11 is 0.